The highest BCUT2D eigenvalue weighted by Gasteiger charge is 2.47. The van der Waals surface area contributed by atoms with Crippen LogP contribution in [-0.2, 0) is 20.9 Å². The van der Waals surface area contributed by atoms with Gasteiger partial charge in [0, 0.05) is 45.7 Å². The minimum atomic E-state index is -0.214. The molecule has 0 radical (unpaired) electrons. The summed E-state index contributed by atoms with van der Waals surface area (Å²) in [6.45, 7) is 4.20. The Bertz CT molecular complexity index is 742. The third kappa shape index (κ3) is 3.87. The molecule has 1 aromatic carbocycles. The lowest BCUT2D eigenvalue weighted by molar-refractivity contribution is -0.141. The molecule has 2 aliphatic heterocycles. The first kappa shape index (κ1) is 18.9. The van der Waals surface area contributed by atoms with E-state index in [2.05, 4.69) is 17.0 Å². The first-order chi connectivity index (χ1) is 13.6. The predicted molar refractivity (Wildman–Crippen MR) is 105 cm³/mol. The second-order valence-electron chi connectivity index (χ2n) is 7.88. The standard InChI is InChI=1S/C22H27N3O3/c26-20(10-11-25-21(27)18-8-4-5-9-19(18)22(25)28)24-14-12-23(13-15-24)16-17-6-2-1-3-7-17/h1-7,18-19H,8-16H2/t18-,19-/m0/s1. The average Bonchev–Trinajstić information content (AvgIpc) is 2.98. The van der Waals surface area contributed by atoms with E-state index in [1.807, 2.05) is 35.3 Å². The topological polar surface area (TPSA) is 60.9 Å². The number of likely N-dealkylation sites (tertiary alicyclic amines) is 1. The molecule has 0 bridgehead atoms. The van der Waals surface area contributed by atoms with Crippen LogP contribution in [-0.4, -0.2) is 65.1 Å². The molecule has 3 amide bonds. The average molecular weight is 381 g/mol. The van der Waals surface area contributed by atoms with E-state index in [9.17, 15) is 14.4 Å². The predicted octanol–water partition coefficient (Wildman–Crippen LogP) is 1.67. The van der Waals surface area contributed by atoms with Gasteiger partial charge in [-0.05, 0) is 18.4 Å². The third-order valence-corrected chi connectivity index (χ3v) is 6.12. The number of hydrogen-bond donors (Lipinski definition) is 0. The molecule has 3 aliphatic rings. The van der Waals surface area contributed by atoms with Crippen LogP contribution < -0.4 is 0 Å². The SMILES string of the molecule is O=C(CCN1C(=O)[C@H]2CC=CC[C@@H]2C1=O)N1CCN(Cc2ccccc2)CC1. The number of hydrogen-bond acceptors (Lipinski definition) is 4. The maximum Gasteiger partial charge on any atom is 0.233 e. The molecule has 6 nitrogen and oxygen atoms in total. The monoisotopic (exact) mass is 381 g/mol. The quantitative estimate of drug-likeness (QED) is 0.575. The molecular weight excluding hydrogens is 354 g/mol. The maximum atomic E-state index is 12.6. The summed E-state index contributed by atoms with van der Waals surface area (Å²) in [5, 5.41) is 0. The molecule has 0 saturated carbocycles. The molecule has 0 aromatic heterocycles. The lowest BCUT2D eigenvalue weighted by Crippen LogP contribution is -2.49. The van der Waals surface area contributed by atoms with Crippen molar-refractivity contribution < 1.29 is 14.4 Å². The fourth-order valence-corrected chi connectivity index (χ4v) is 4.45. The van der Waals surface area contributed by atoms with Gasteiger partial charge in [0.05, 0.1) is 11.8 Å². The van der Waals surface area contributed by atoms with Crippen molar-refractivity contribution in [2.45, 2.75) is 25.8 Å². The van der Waals surface area contributed by atoms with Gasteiger partial charge in [-0.25, -0.2) is 0 Å². The number of amides is 3. The maximum absolute atomic E-state index is 12.6. The minimum Gasteiger partial charge on any atom is -0.340 e. The Morgan fingerprint density at radius 1 is 0.893 bits per heavy atom. The van der Waals surface area contributed by atoms with Crippen LogP contribution in [0.25, 0.3) is 0 Å². The molecule has 0 spiro atoms. The fourth-order valence-electron chi connectivity index (χ4n) is 4.45. The molecule has 6 heteroatoms. The van der Waals surface area contributed by atoms with E-state index in [1.54, 1.807) is 0 Å². The summed E-state index contributed by atoms with van der Waals surface area (Å²) in [5.74, 6) is -0.587. The number of rotatable bonds is 5. The summed E-state index contributed by atoms with van der Waals surface area (Å²) < 4.78 is 0. The van der Waals surface area contributed by atoms with E-state index in [-0.39, 0.29) is 42.5 Å². The zero-order valence-electron chi connectivity index (χ0n) is 16.1. The molecule has 0 unspecified atom stereocenters. The Morgan fingerprint density at radius 2 is 1.50 bits per heavy atom. The van der Waals surface area contributed by atoms with Crippen molar-refractivity contribution in [3.05, 3.63) is 48.0 Å². The van der Waals surface area contributed by atoms with E-state index in [0.717, 1.165) is 19.6 Å². The van der Waals surface area contributed by atoms with Gasteiger partial charge in [0.1, 0.15) is 0 Å². The Hall–Kier alpha value is -2.47. The normalized spacial score (nSPS) is 25.3. The number of piperazine rings is 1. The summed E-state index contributed by atoms with van der Waals surface area (Å²) in [4.78, 5) is 43.1. The zero-order valence-corrected chi connectivity index (χ0v) is 16.1. The summed E-state index contributed by atoms with van der Waals surface area (Å²) in [7, 11) is 0. The molecule has 2 fully saturated rings. The molecule has 148 valence electrons. The van der Waals surface area contributed by atoms with Crippen LogP contribution in [0, 0.1) is 11.8 Å². The van der Waals surface area contributed by atoms with Crippen molar-refractivity contribution in [3.8, 4) is 0 Å². The second-order valence-corrected chi connectivity index (χ2v) is 7.88. The summed E-state index contributed by atoms with van der Waals surface area (Å²) in [6, 6.07) is 10.3. The van der Waals surface area contributed by atoms with Crippen LogP contribution in [0.3, 0.4) is 0 Å². The van der Waals surface area contributed by atoms with E-state index < -0.39 is 0 Å². The highest BCUT2D eigenvalue weighted by atomic mass is 16.2. The van der Waals surface area contributed by atoms with Crippen molar-refractivity contribution in [2.24, 2.45) is 11.8 Å². The van der Waals surface area contributed by atoms with Gasteiger partial charge in [-0.2, -0.15) is 0 Å². The number of imide groups is 1. The van der Waals surface area contributed by atoms with Gasteiger partial charge in [-0.15, -0.1) is 0 Å². The Balaban J connectivity index is 1.24. The fraction of sp³-hybridized carbons (Fsp3) is 0.500. The van der Waals surface area contributed by atoms with Gasteiger partial charge in [0.15, 0.2) is 0 Å². The van der Waals surface area contributed by atoms with Crippen LogP contribution in [0.5, 0.6) is 0 Å². The molecule has 2 heterocycles. The summed E-state index contributed by atoms with van der Waals surface area (Å²) >= 11 is 0. The Morgan fingerprint density at radius 3 is 2.11 bits per heavy atom. The van der Waals surface area contributed by atoms with Crippen molar-refractivity contribution >= 4 is 17.7 Å². The number of nitrogens with zero attached hydrogens (tertiary/aromatic N) is 3. The van der Waals surface area contributed by atoms with Gasteiger partial charge in [0.25, 0.3) is 0 Å². The molecule has 2 saturated heterocycles. The Kier molecular flexibility index (Phi) is 5.57. The molecule has 2 atom stereocenters. The van der Waals surface area contributed by atoms with Crippen molar-refractivity contribution in [2.75, 3.05) is 32.7 Å². The van der Waals surface area contributed by atoms with Crippen LogP contribution in [0.2, 0.25) is 0 Å². The van der Waals surface area contributed by atoms with E-state index in [4.69, 9.17) is 0 Å². The van der Waals surface area contributed by atoms with E-state index >= 15 is 0 Å². The van der Waals surface area contributed by atoms with Gasteiger partial charge in [-0.1, -0.05) is 42.5 Å². The zero-order chi connectivity index (χ0) is 19.5. The number of carbonyl (C=O) groups is 3. The van der Waals surface area contributed by atoms with Gasteiger partial charge < -0.3 is 4.90 Å². The van der Waals surface area contributed by atoms with Crippen molar-refractivity contribution in [1.82, 2.24) is 14.7 Å². The van der Waals surface area contributed by atoms with Crippen LogP contribution in [0.1, 0.15) is 24.8 Å². The smallest absolute Gasteiger partial charge is 0.233 e. The van der Waals surface area contributed by atoms with Crippen LogP contribution in [0.15, 0.2) is 42.5 Å². The number of allylic oxidation sites excluding steroid dienone is 2. The van der Waals surface area contributed by atoms with Gasteiger partial charge in [-0.3, -0.25) is 24.2 Å². The molecule has 1 aliphatic carbocycles. The Labute approximate surface area is 165 Å². The lowest BCUT2D eigenvalue weighted by atomic mass is 9.85. The molecule has 0 N–H and O–H groups in total. The summed E-state index contributed by atoms with van der Waals surface area (Å²) in [5.41, 5.74) is 1.28. The number of fused-ring (bicyclic) bond motifs is 1. The highest BCUT2D eigenvalue weighted by Crippen LogP contribution is 2.35. The number of benzene rings is 1. The number of carbonyl (C=O) groups excluding carboxylic acids is 3. The summed E-state index contributed by atoms with van der Waals surface area (Å²) in [6.07, 6.45) is 5.47. The van der Waals surface area contributed by atoms with Gasteiger partial charge >= 0.3 is 0 Å². The minimum absolute atomic E-state index is 0.0351. The molecular formula is C22H27N3O3. The largest absolute Gasteiger partial charge is 0.340 e. The molecule has 4 rings (SSSR count). The highest BCUT2D eigenvalue weighted by molar-refractivity contribution is 6.05. The molecule has 1 aromatic rings. The van der Waals surface area contributed by atoms with E-state index in [0.29, 0.717) is 25.9 Å². The third-order valence-electron chi connectivity index (χ3n) is 6.12. The first-order valence-electron chi connectivity index (χ1n) is 10.2. The van der Waals surface area contributed by atoms with Crippen molar-refractivity contribution in [1.29, 1.82) is 0 Å². The van der Waals surface area contributed by atoms with E-state index in [1.165, 1.54) is 10.5 Å². The van der Waals surface area contributed by atoms with Crippen molar-refractivity contribution in [3.63, 3.8) is 0 Å². The van der Waals surface area contributed by atoms with Gasteiger partial charge in [0.2, 0.25) is 17.7 Å². The first-order valence-corrected chi connectivity index (χ1v) is 10.2. The second kappa shape index (κ2) is 8.27. The molecule has 28 heavy (non-hydrogen) atoms. The van der Waals surface area contributed by atoms with Crippen LogP contribution in [0.4, 0.5) is 0 Å². The lowest BCUT2D eigenvalue weighted by Gasteiger charge is -2.35. The van der Waals surface area contributed by atoms with Crippen LogP contribution >= 0.6 is 0 Å².